The van der Waals surface area contributed by atoms with Crippen molar-refractivity contribution in [1.29, 1.82) is 0 Å². The van der Waals surface area contributed by atoms with Gasteiger partial charge in [0.2, 0.25) is 0 Å². The minimum Gasteiger partial charge on any atom is -0.391 e. The molecular weight excluding hydrogens is 126 g/mol. The second-order valence-corrected chi connectivity index (χ2v) is 2.73. The van der Waals surface area contributed by atoms with Gasteiger partial charge in [-0.05, 0) is 12.3 Å². The van der Waals surface area contributed by atoms with E-state index < -0.39 is 0 Å². The van der Waals surface area contributed by atoms with Crippen LogP contribution in [0, 0.1) is 18.3 Å². The van der Waals surface area contributed by atoms with Crippen molar-refractivity contribution in [3.63, 3.8) is 0 Å². The number of aliphatic hydroxyl groups excluding tert-OH is 1. The summed E-state index contributed by atoms with van der Waals surface area (Å²) in [5.74, 6) is 2.96. The summed E-state index contributed by atoms with van der Waals surface area (Å²) in [7, 11) is 0. The van der Waals surface area contributed by atoms with Crippen LogP contribution in [0.2, 0.25) is 0 Å². The Bertz CT molecular complexity index is 139. The lowest BCUT2D eigenvalue weighted by molar-refractivity contribution is 0.144. The van der Waals surface area contributed by atoms with Crippen LogP contribution >= 0.6 is 0 Å². The molecule has 1 heterocycles. The van der Waals surface area contributed by atoms with Crippen LogP contribution in [0.1, 0.15) is 12.8 Å². The van der Waals surface area contributed by atoms with E-state index in [-0.39, 0.29) is 6.10 Å². The minimum atomic E-state index is -0.173. The van der Waals surface area contributed by atoms with Crippen LogP contribution in [0.3, 0.4) is 0 Å². The first-order chi connectivity index (χ1) is 4.84. The fourth-order valence-corrected chi connectivity index (χ4v) is 1.28. The zero-order chi connectivity index (χ0) is 7.40. The van der Waals surface area contributed by atoms with Gasteiger partial charge in [-0.15, -0.1) is 12.3 Å². The highest BCUT2D eigenvalue weighted by Crippen LogP contribution is 2.14. The van der Waals surface area contributed by atoms with Gasteiger partial charge in [-0.2, -0.15) is 0 Å². The summed E-state index contributed by atoms with van der Waals surface area (Å²) < 4.78 is 0. The zero-order valence-electron chi connectivity index (χ0n) is 6.01. The topological polar surface area (TPSA) is 32.3 Å². The zero-order valence-corrected chi connectivity index (χ0v) is 6.01. The second-order valence-electron chi connectivity index (χ2n) is 2.73. The molecule has 0 radical (unpaired) electrons. The number of hydrogen-bond donors (Lipinski definition) is 2. The monoisotopic (exact) mass is 139 g/mol. The molecule has 2 atom stereocenters. The summed E-state index contributed by atoms with van der Waals surface area (Å²) in [5, 5.41) is 12.4. The number of terminal acetylenes is 1. The van der Waals surface area contributed by atoms with E-state index in [1.165, 1.54) is 0 Å². The number of aliphatic hydroxyl groups is 1. The predicted molar refractivity (Wildman–Crippen MR) is 40.4 cm³/mol. The number of rotatable bonds is 2. The summed E-state index contributed by atoms with van der Waals surface area (Å²) in [4.78, 5) is 0. The first-order valence-corrected chi connectivity index (χ1v) is 3.67. The van der Waals surface area contributed by atoms with Gasteiger partial charge in [0, 0.05) is 19.5 Å². The van der Waals surface area contributed by atoms with Crippen molar-refractivity contribution in [2.24, 2.45) is 5.92 Å². The Labute approximate surface area is 61.6 Å². The summed E-state index contributed by atoms with van der Waals surface area (Å²) in [6.07, 6.45) is 6.66. The van der Waals surface area contributed by atoms with Crippen LogP contribution in [0.5, 0.6) is 0 Å². The number of β-amino-alcohol motifs (C(OH)–C–C–N with tert-alkyl or cyclic N) is 1. The molecule has 2 N–H and O–H groups in total. The van der Waals surface area contributed by atoms with Crippen molar-refractivity contribution >= 4 is 0 Å². The lowest BCUT2D eigenvalue weighted by Gasteiger charge is -2.09. The van der Waals surface area contributed by atoms with Gasteiger partial charge >= 0.3 is 0 Å². The van der Waals surface area contributed by atoms with E-state index in [0.717, 1.165) is 25.9 Å². The molecule has 2 heteroatoms. The van der Waals surface area contributed by atoms with Crippen LogP contribution in [0.15, 0.2) is 0 Å². The van der Waals surface area contributed by atoms with Crippen LogP contribution in [0.4, 0.5) is 0 Å². The second kappa shape index (κ2) is 3.60. The van der Waals surface area contributed by atoms with E-state index in [1.54, 1.807) is 0 Å². The molecule has 0 aromatic rings. The third-order valence-electron chi connectivity index (χ3n) is 1.96. The molecule has 0 aromatic heterocycles. The Morgan fingerprint density at radius 1 is 1.60 bits per heavy atom. The maximum Gasteiger partial charge on any atom is 0.0705 e. The van der Waals surface area contributed by atoms with Gasteiger partial charge in [-0.1, -0.05) is 0 Å². The normalized spacial score (nSPS) is 32.0. The molecule has 1 rings (SSSR count). The molecule has 0 amide bonds. The maximum absolute atomic E-state index is 9.28. The van der Waals surface area contributed by atoms with Crippen LogP contribution in [-0.4, -0.2) is 24.3 Å². The molecule has 10 heavy (non-hydrogen) atoms. The summed E-state index contributed by atoms with van der Waals surface area (Å²) in [6, 6.07) is 0. The third-order valence-corrected chi connectivity index (χ3v) is 1.96. The van der Waals surface area contributed by atoms with E-state index in [9.17, 15) is 5.11 Å². The van der Waals surface area contributed by atoms with E-state index >= 15 is 0 Å². The highest BCUT2D eigenvalue weighted by atomic mass is 16.3. The van der Waals surface area contributed by atoms with Gasteiger partial charge in [0.1, 0.15) is 0 Å². The van der Waals surface area contributed by atoms with Crippen molar-refractivity contribution in [1.82, 2.24) is 5.32 Å². The SMILES string of the molecule is C#CCCC1CNCC1O. The molecule has 0 saturated carbocycles. The Hall–Kier alpha value is -0.520. The van der Waals surface area contributed by atoms with E-state index in [2.05, 4.69) is 11.2 Å². The molecule has 1 aliphatic rings. The smallest absolute Gasteiger partial charge is 0.0705 e. The Morgan fingerprint density at radius 2 is 2.40 bits per heavy atom. The van der Waals surface area contributed by atoms with Crippen molar-refractivity contribution in [3.8, 4) is 12.3 Å². The molecule has 1 aliphatic heterocycles. The van der Waals surface area contributed by atoms with E-state index in [4.69, 9.17) is 6.42 Å². The lowest BCUT2D eigenvalue weighted by Crippen LogP contribution is -2.17. The first-order valence-electron chi connectivity index (χ1n) is 3.67. The van der Waals surface area contributed by atoms with Crippen LogP contribution in [-0.2, 0) is 0 Å². The minimum absolute atomic E-state index is 0.173. The number of hydrogen-bond acceptors (Lipinski definition) is 2. The highest BCUT2D eigenvalue weighted by Gasteiger charge is 2.23. The highest BCUT2D eigenvalue weighted by molar-refractivity contribution is 4.88. The first kappa shape index (κ1) is 7.59. The van der Waals surface area contributed by atoms with Gasteiger partial charge in [0.15, 0.2) is 0 Å². The van der Waals surface area contributed by atoms with Crippen molar-refractivity contribution in [2.45, 2.75) is 18.9 Å². The fourth-order valence-electron chi connectivity index (χ4n) is 1.28. The van der Waals surface area contributed by atoms with Crippen molar-refractivity contribution in [3.05, 3.63) is 0 Å². The summed E-state index contributed by atoms with van der Waals surface area (Å²) >= 11 is 0. The molecule has 0 aromatic carbocycles. The molecular formula is C8H13NO. The van der Waals surface area contributed by atoms with Gasteiger partial charge < -0.3 is 10.4 Å². The molecule has 2 unspecified atom stereocenters. The maximum atomic E-state index is 9.28. The largest absolute Gasteiger partial charge is 0.391 e. The predicted octanol–water partition coefficient (Wildman–Crippen LogP) is -0.0199. The van der Waals surface area contributed by atoms with Gasteiger partial charge in [0.05, 0.1) is 6.10 Å². The summed E-state index contributed by atoms with van der Waals surface area (Å²) in [5.41, 5.74) is 0. The fraction of sp³-hybridized carbons (Fsp3) is 0.750. The average Bonchev–Trinajstić information content (AvgIpc) is 2.31. The summed E-state index contributed by atoms with van der Waals surface area (Å²) in [6.45, 7) is 1.65. The van der Waals surface area contributed by atoms with Gasteiger partial charge in [-0.3, -0.25) is 0 Å². The Morgan fingerprint density at radius 3 is 2.90 bits per heavy atom. The average molecular weight is 139 g/mol. The molecule has 56 valence electrons. The van der Waals surface area contributed by atoms with Crippen LogP contribution < -0.4 is 5.32 Å². The van der Waals surface area contributed by atoms with Crippen molar-refractivity contribution < 1.29 is 5.11 Å². The van der Waals surface area contributed by atoms with E-state index in [1.807, 2.05) is 0 Å². The molecule has 0 aliphatic carbocycles. The molecule has 1 saturated heterocycles. The molecule has 0 bridgehead atoms. The van der Waals surface area contributed by atoms with Crippen LogP contribution in [0.25, 0.3) is 0 Å². The standard InChI is InChI=1S/C8H13NO/c1-2-3-4-7-5-9-6-8(7)10/h1,7-10H,3-6H2. The number of nitrogens with one attached hydrogen (secondary N) is 1. The van der Waals surface area contributed by atoms with Gasteiger partial charge in [0.25, 0.3) is 0 Å². The third kappa shape index (κ3) is 1.73. The van der Waals surface area contributed by atoms with Gasteiger partial charge in [-0.25, -0.2) is 0 Å². The Kier molecular flexibility index (Phi) is 2.73. The van der Waals surface area contributed by atoms with E-state index in [0.29, 0.717) is 5.92 Å². The molecule has 2 nitrogen and oxygen atoms in total. The quantitative estimate of drug-likeness (QED) is 0.527. The Balaban J connectivity index is 2.21. The lowest BCUT2D eigenvalue weighted by atomic mass is 10.0. The van der Waals surface area contributed by atoms with Crippen molar-refractivity contribution in [2.75, 3.05) is 13.1 Å². The molecule has 0 spiro atoms. The molecule has 1 fully saturated rings.